The zero-order chi connectivity index (χ0) is 20.2. The third-order valence-corrected chi connectivity index (χ3v) is 5.30. The third-order valence-electron chi connectivity index (χ3n) is 5.30. The van der Waals surface area contributed by atoms with Gasteiger partial charge in [-0.05, 0) is 31.9 Å². The number of aromatic nitrogens is 4. The molecule has 7 nitrogen and oxygen atoms in total. The number of nitrogens with zero attached hydrogens (tertiary/aromatic N) is 5. The van der Waals surface area contributed by atoms with Gasteiger partial charge in [-0.25, -0.2) is 19.9 Å². The third kappa shape index (κ3) is 4.39. The Morgan fingerprint density at radius 2 is 1.86 bits per heavy atom. The minimum Gasteiger partial charge on any atom is -0.340 e. The zero-order valence-electron chi connectivity index (χ0n) is 16.6. The maximum atomic E-state index is 12.0. The molecular weight excluding hydrogens is 364 g/mol. The molecule has 1 amide bonds. The molecule has 0 unspecified atom stereocenters. The number of likely N-dealkylation sites (tertiary alicyclic amines) is 1. The SMILES string of the molecule is CC(=O)N1C[C@H](c2nc(Nc3ccccc3)cc(-c3cncnc3)n2)CC[C@@H]1C. The zero-order valence-corrected chi connectivity index (χ0v) is 16.6. The maximum Gasteiger partial charge on any atom is 0.219 e. The largest absolute Gasteiger partial charge is 0.340 e. The first-order valence-electron chi connectivity index (χ1n) is 9.84. The lowest BCUT2D eigenvalue weighted by molar-refractivity contribution is -0.132. The first-order valence-corrected chi connectivity index (χ1v) is 9.84. The summed E-state index contributed by atoms with van der Waals surface area (Å²) < 4.78 is 0. The molecule has 1 N–H and O–H groups in total. The highest BCUT2D eigenvalue weighted by atomic mass is 16.2. The molecule has 0 radical (unpaired) electrons. The number of piperidine rings is 1. The average molecular weight is 388 g/mol. The Morgan fingerprint density at radius 1 is 1.10 bits per heavy atom. The number of rotatable bonds is 4. The lowest BCUT2D eigenvalue weighted by Crippen LogP contribution is -2.44. The van der Waals surface area contributed by atoms with Crippen LogP contribution >= 0.6 is 0 Å². The van der Waals surface area contributed by atoms with Gasteiger partial charge < -0.3 is 10.2 Å². The van der Waals surface area contributed by atoms with E-state index in [1.54, 1.807) is 19.3 Å². The van der Waals surface area contributed by atoms with Crippen LogP contribution in [0.25, 0.3) is 11.3 Å². The van der Waals surface area contributed by atoms with E-state index in [1.807, 2.05) is 41.3 Å². The van der Waals surface area contributed by atoms with Crippen molar-refractivity contribution in [2.24, 2.45) is 0 Å². The molecule has 1 aliphatic heterocycles. The van der Waals surface area contributed by atoms with Crippen molar-refractivity contribution in [3.8, 4) is 11.3 Å². The van der Waals surface area contributed by atoms with E-state index in [2.05, 4.69) is 22.2 Å². The van der Waals surface area contributed by atoms with Crippen LogP contribution in [0.2, 0.25) is 0 Å². The predicted molar refractivity (Wildman–Crippen MR) is 112 cm³/mol. The predicted octanol–water partition coefficient (Wildman–Crippen LogP) is 3.79. The number of hydrogen-bond donors (Lipinski definition) is 1. The van der Waals surface area contributed by atoms with E-state index in [9.17, 15) is 4.79 Å². The van der Waals surface area contributed by atoms with E-state index in [0.29, 0.717) is 12.4 Å². The van der Waals surface area contributed by atoms with Crippen molar-refractivity contribution in [2.45, 2.75) is 38.6 Å². The summed E-state index contributed by atoms with van der Waals surface area (Å²) in [6.07, 6.45) is 6.88. The van der Waals surface area contributed by atoms with Crippen LogP contribution in [0.4, 0.5) is 11.5 Å². The first kappa shape index (κ1) is 19.0. The summed E-state index contributed by atoms with van der Waals surface area (Å²) in [4.78, 5) is 31.8. The molecule has 0 bridgehead atoms. The van der Waals surface area contributed by atoms with Crippen LogP contribution in [0, 0.1) is 0 Å². The fourth-order valence-electron chi connectivity index (χ4n) is 3.72. The van der Waals surface area contributed by atoms with Crippen LogP contribution in [-0.2, 0) is 4.79 Å². The minimum absolute atomic E-state index is 0.0935. The highest BCUT2D eigenvalue weighted by Gasteiger charge is 2.30. The summed E-state index contributed by atoms with van der Waals surface area (Å²) in [5.41, 5.74) is 2.55. The van der Waals surface area contributed by atoms with Crippen LogP contribution in [0.3, 0.4) is 0 Å². The number of nitrogens with one attached hydrogen (secondary N) is 1. The fraction of sp³-hybridized carbons (Fsp3) is 0.318. The molecule has 2 atom stereocenters. The molecule has 0 spiro atoms. The Hall–Kier alpha value is -3.35. The van der Waals surface area contributed by atoms with Crippen LogP contribution < -0.4 is 5.32 Å². The molecule has 4 rings (SSSR count). The van der Waals surface area contributed by atoms with E-state index >= 15 is 0 Å². The Labute approximate surface area is 170 Å². The van der Waals surface area contributed by atoms with Gasteiger partial charge in [0.25, 0.3) is 0 Å². The molecule has 1 aliphatic rings. The van der Waals surface area contributed by atoms with Crippen molar-refractivity contribution in [2.75, 3.05) is 11.9 Å². The van der Waals surface area contributed by atoms with E-state index in [4.69, 9.17) is 9.97 Å². The van der Waals surface area contributed by atoms with Crippen molar-refractivity contribution < 1.29 is 4.79 Å². The number of amides is 1. The van der Waals surface area contributed by atoms with E-state index in [1.165, 1.54) is 6.33 Å². The Bertz CT molecular complexity index is 979. The number of anilines is 2. The highest BCUT2D eigenvalue weighted by Crippen LogP contribution is 2.31. The lowest BCUT2D eigenvalue weighted by Gasteiger charge is -2.37. The Balaban J connectivity index is 1.70. The summed E-state index contributed by atoms with van der Waals surface area (Å²) in [6, 6.07) is 12.1. The quantitative estimate of drug-likeness (QED) is 0.732. The lowest BCUT2D eigenvalue weighted by atomic mass is 9.92. The van der Waals surface area contributed by atoms with Crippen LogP contribution in [0.5, 0.6) is 0 Å². The van der Waals surface area contributed by atoms with Gasteiger partial charge in [-0.1, -0.05) is 18.2 Å². The highest BCUT2D eigenvalue weighted by molar-refractivity contribution is 5.73. The van der Waals surface area contributed by atoms with Gasteiger partial charge in [-0.2, -0.15) is 0 Å². The minimum atomic E-state index is 0.0935. The monoisotopic (exact) mass is 388 g/mol. The first-order chi connectivity index (χ1) is 14.1. The molecule has 1 fully saturated rings. The second-order valence-corrected chi connectivity index (χ2v) is 7.41. The van der Waals surface area contributed by atoms with Crippen molar-refractivity contribution >= 4 is 17.4 Å². The molecule has 0 saturated carbocycles. The van der Waals surface area contributed by atoms with Gasteiger partial charge >= 0.3 is 0 Å². The van der Waals surface area contributed by atoms with Crippen molar-refractivity contribution in [3.05, 3.63) is 60.9 Å². The number of carbonyl (C=O) groups is 1. The fourth-order valence-corrected chi connectivity index (χ4v) is 3.72. The second kappa shape index (κ2) is 8.34. The standard InChI is InChI=1S/C22H24N6O/c1-15-8-9-17(13-28(15)16(2)29)22-26-20(18-11-23-14-24-12-18)10-21(27-22)25-19-6-4-3-5-7-19/h3-7,10-12,14-15,17H,8-9,13H2,1-2H3,(H,25,26,27)/t15-,17+/m0/s1. The van der Waals surface area contributed by atoms with Crippen molar-refractivity contribution in [1.82, 2.24) is 24.8 Å². The molecule has 3 aromatic rings. The summed E-state index contributed by atoms with van der Waals surface area (Å²) in [7, 11) is 0. The van der Waals surface area contributed by atoms with Gasteiger partial charge in [0.05, 0.1) is 5.69 Å². The molecule has 2 aromatic heterocycles. The second-order valence-electron chi connectivity index (χ2n) is 7.41. The normalized spacial score (nSPS) is 19.0. The van der Waals surface area contributed by atoms with Crippen molar-refractivity contribution in [1.29, 1.82) is 0 Å². The molecule has 1 aromatic carbocycles. The van der Waals surface area contributed by atoms with E-state index in [0.717, 1.165) is 35.6 Å². The number of para-hydroxylation sites is 1. The van der Waals surface area contributed by atoms with Crippen LogP contribution in [0.1, 0.15) is 38.4 Å². The molecule has 7 heteroatoms. The molecule has 29 heavy (non-hydrogen) atoms. The molecule has 3 heterocycles. The molecule has 1 saturated heterocycles. The number of benzene rings is 1. The summed E-state index contributed by atoms with van der Waals surface area (Å²) >= 11 is 0. The number of carbonyl (C=O) groups excluding carboxylic acids is 1. The van der Waals surface area contributed by atoms with Crippen molar-refractivity contribution in [3.63, 3.8) is 0 Å². The van der Waals surface area contributed by atoms with E-state index in [-0.39, 0.29) is 17.9 Å². The van der Waals surface area contributed by atoms with E-state index < -0.39 is 0 Å². The molecule has 148 valence electrons. The summed E-state index contributed by atoms with van der Waals surface area (Å²) in [5.74, 6) is 1.64. The van der Waals surface area contributed by atoms with Gasteiger partial charge in [0, 0.05) is 55.1 Å². The van der Waals surface area contributed by atoms with Gasteiger partial charge in [0.15, 0.2) is 0 Å². The average Bonchev–Trinajstić information content (AvgIpc) is 2.75. The molecular formula is C22H24N6O. The smallest absolute Gasteiger partial charge is 0.219 e. The summed E-state index contributed by atoms with van der Waals surface area (Å²) in [6.45, 7) is 4.36. The van der Waals surface area contributed by atoms with Gasteiger partial charge in [0.2, 0.25) is 5.91 Å². The summed E-state index contributed by atoms with van der Waals surface area (Å²) in [5, 5.41) is 3.36. The van der Waals surface area contributed by atoms with Gasteiger partial charge in [0.1, 0.15) is 18.0 Å². The maximum absolute atomic E-state index is 12.0. The van der Waals surface area contributed by atoms with Crippen LogP contribution in [-0.4, -0.2) is 43.3 Å². The topological polar surface area (TPSA) is 83.9 Å². The van der Waals surface area contributed by atoms with Crippen LogP contribution in [0.15, 0.2) is 55.1 Å². The molecule has 0 aliphatic carbocycles. The Morgan fingerprint density at radius 3 is 2.59 bits per heavy atom. The van der Waals surface area contributed by atoms with Gasteiger partial charge in [-0.3, -0.25) is 4.79 Å². The Kier molecular flexibility index (Phi) is 5.46. The number of hydrogen-bond acceptors (Lipinski definition) is 6. The van der Waals surface area contributed by atoms with Gasteiger partial charge in [-0.15, -0.1) is 0 Å².